The van der Waals surface area contributed by atoms with E-state index in [9.17, 15) is 4.79 Å². The normalized spacial score (nSPS) is 18.6. The van der Waals surface area contributed by atoms with E-state index in [1.165, 1.54) is 4.90 Å². The molecule has 21 heavy (non-hydrogen) atoms. The molecule has 0 saturated carbocycles. The third kappa shape index (κ3) is 4.93. The molecule has 0 aliphatic carbocycles. The molecule has 1 fully saturated rings. The molecule has 0 radical (unpaired) electrons. The summed E-state index contributed by atoms with van der Waals surface area (Å²) >= 11 is 1.82. The van der Waals surface area contributed by atoms with Gasteiger partial charge in [-0.15, -0.1) is 11.8 Å². The van der Waals surface area contributed by atoms with Gasteiger partial charge in [0.2, 0.25) is 0 Å². The lowest BCUT2D eigenvalue weighted by Gasteiger charge is -2.23. The van der Waals surface area contributed by atoms with E-state index >= 15 is 0 Å². The predicted octanol–water partition coefficient (Wildman–Crippen LogP) is 3.83. The smallest absolute Gasteiger partial charge is 0.321 e. The lowest BCUT2D eigenvalue weighted by Crippen LogP contribution is -2.40. The number of hydrogen-bond donors (Lipinski definition) is 1. The number of hydrogen-bond acceptors (Lipinski definition) is 3. The van der Waals surface area contributed by atoms with Crippen LogP contribution >= 0.6 is 11.8 Å². The number of rotatable bonds is 3. The topological polar surface area (TPSA) is 41.6 Å². The van der Waals surface area contributed by atoms with Crippen LogP contribution < -0.4 is 5.32 Å². The number of amides is 2. The molecule has 1 aliphatic heterocycles. The number of benzene rings is 1. The van der Waals surface area contributed by atoms with Crippen molar-refractivity contribution in [2.45, 2.75) is 42.9 Å². The molecular weight excluding hydrogens is 284 g/mol. The Morgan fingerprint density at radius 3 is 2.52 bits per heavy atom. The van der Waals surface area contributed by atoms with E-state index in [1.807, 2.05) is 43.1 Å². The molecule has 1 unspecified atom stereocenters. The van der Waals surface area contributed by atoms with Crippen molar-refractivity contribution in [1.29, 1.82) is 0 Å². The standard InChI is InChI=1S/C16H24N2O2S/c1-16(2,3)21-14-7-5-12(6-8-14)17-15(19)18(4)13-9-10-20-11-13/h5-8,13H,9-11H2,1-4H3,(H,17,19). The van der Waals surface area contributed by atoms with Crippen LogP contribution in [0.1, 0.15) is 27.2 Å². The van der Waals surface area contributed by atoms with Crippen molar-refractivity contribution in [3.8, 4) is 0 Å². The van der Waals surface area contributed by atoms with Crippen molar-refractivity contribution in [2.75, 3.05) is 25.6 Å². The quantitative estimate of drug-likeness (QED) is 0.863. The Morgan fingerprint density at radius 1 is 1.33 bits per heavy atom. The molecular formula is C16H24N2O2S. The van der Waals surface area contributed by atoms with Crippen LogP contribution in [0.3, 0.4) is 0 Å². The number of nitrogens with zero attached hydrogens (tertiary/aromatic N) is 1. The van der Waals surface area contributed by atoms with Gasteiger partial charge in [-0.05, 0) is 30.7 Å². The maximum absolute atomic E-state index is 12.2. The van der Waals surface area contributed by atoms with Crippen molar-refractivity contribution < 1.29 is 9.53 Å². The number of thioether (sulfide) groups is 1. The molecule has 116 valence electrons. The van der Waals surface area contributed by atoms with E-state index in [2.05, 4.69) is 26.1 Å². The molecule has 0 aromatic heterocycles. The molecule has 1 aromatic rings. The maximum Gasteiger partial charge on any atom is 0.321 e. The number of nitrogens with one attached hydrogen (secondary N) is 1. The van der Waals surface area contributed by atoms with E-state index in [1.54, 1.807) is 4.90 Å². The monoisotopic (exact) mass is 308 g/mol. The third-order valence-electron chi connectivity index (χ3n) is 3.30. The van der Waals surface area contributed by atoms with Crippen molar-refractivity contribution in [1.82, 2.24) is 4.90 Å². The average Bonchev–Trinajstić information content (AvgIpc) is 2.92. The van der Waals surface area contributed by atoms with Crippen LogP contribution in [0, 0.1) is 0 Å². The summed E-state index contributed by atoms with van der Waals surface area (Å²) in [7, 11) is 1.82. The Morgan fingerprint density at radius 2 is 2.00 bits per heavy atom. The summed E-state index contributed by atoms with van der Waals surface area (Å²) in [5.74, 6) is 0. The minimum absolute atomic E-state index is 0.0817. The second-order valence-electron chi connectivity index (χ2n) is 6.30. The molecule has 1 saturated heterocycles. The highest BCUT2D eigenvalue weighted by Gasteiger charge is 2.24. The maximum atomic E-state index is 12.2. The number of urea groups is 1. The molecule has 4 nitrogen and oxygen atoms in total. The minimum Gasteiger partial charge on any atom is -0.379 e. The minimum atomic E-state index is -0.0817. The fraction of sp³-hybridized carbons (Fsp3) is 0.562. The number of carbonyl (C=O) groups is 1. The van der Waals surface area contributed by atoms with Crippen LogP contribution in [0.25, 0.3) is 0 Å². The Kier molecular flexibility index (Phi) is 5.17. The fourth-order valence-corrected chi connectivity index (χ4v) is 3.14. The number of ether oxygens (including phenoxy) is 1. The van der Waals surface area contributed by atoms with E-state index in [-0.39, 0.29) is 16.8 Å². The first-order chi connectivity index (χ1) is 9.85. The lowest BCUT2D eigenvalue weighted by molar-refractivity contribution is 0.164. The van der Waals surface area contributed by atoms with Gasteiger partial charge in [0.1, 0.15) is 0 Å². The van der Waals surface area contributed by atoms with Gasteiger partial charge < -0.3 is 15.0 Å². The van der Waals surface area contributed by atoms with E-state index < -0.39 is 0 Å². The van der Waals surface area contributed by atoms with Crippen LogP contribution in [0.5, 0.6) is 0 Å². The summed E-state index contributed by atoms with van der Waals surface area (Å²) in [5.41, 5.74) is 0.823. The predicted molar refractivity (Wildman–Crippen MR) is 88.1 cm³/mol. The SMILES string of the molecule is CN(C(=O)Nc1ccc(SC(C)(C)C)cc1)C1CCOC1. The van der Waals surface area contributed by atoms with Crippen molar-refractivity contribution in [3.63, 3.8) is 0 Å². The Balaban J connectivity index is 1.92. The molecule has 0 spiro atoms. The molecule has 0 bridgehead atoms. The zero-order valence-electron chi connectivity index (χ0n) is 13.2. The Hall–Kier alpha value is -1.20. The molecule has 1 N–H and O–H groups in total. The first kappa shape index (κ1) is 16.2. The van der Waals surface area contributed by atoms with Crippen molar-refractivity contribution >= 4 is 23.5 Å². The highest BCUT2D eigenvalue weighted by molar-refractivity contribution is 8.00. The van der Waals surface area contributed by atoms with Crippen LogP contribution in [0.15, 0.2) is 29.2 Å². The number of likely N-dealkylation sites (N-methyl/N-ethyl adjacent to an activating group) is 1. The van der Waals surface area contributed by atoms with Crippen LogP contribution in [0.4, 0.5) is 10.5 Å². The molecule has 1 atom stereocenters. The van der Waals surface area contributed by atoms with Crippen molar-refractivity contribution in [3.05, 3.63) is 24.3 Å². The van der Waals surface area contributed by atoms with Gasteiger partial charge in [0.15, 0.2) is 0 Å². The average molecular weight is 308 g/mol. The molecule has 5 heteroatoms. The first-order valence-electron chi connectivity index (χ1n) is 7.26. The fourth-order valence-electron chi connectivity index (χ4n) is 2.16. The summed E-state index contributed by atoms with van der Waals surface area (Å²) in [6.07, 6.45) is 0.908. The van der Waals surface area contributed by atoms with Crippen LogP contribution in [-0.2, 0) is 4.74 Å². The second-order valence-corrected chi connectivity index (χ2v) is 8.20. The summed E-state index contributed by atoms with van der Waals surface area (Å²) in [4.78, 5) is 15.1. The van der Waals surface area contributed by atoms with Gasteiger partial charge in [-0.25, -0.2) is 4.79 Å². The number of carbonyl (C=O) groups excluding carboxylic acids is 1. The third-order valence-corrected chi connectivity index (χ3v) is 4.42. The van der Waals surface area contributed by atoms with Crippen LogP contribution in [-0.4, -0.2) is 42.0 Å². The summed E-state index contributed by atoms with van der Waals surface area (Å²) in [5, 5.41) is 2.93. The Bertz CT molecular complexity index is 476. The van der Waals surface area contributed by atoms with Crippen LogP contribution in [0.2, 0.25) is 0 Å². The zero-order chi connectivity index (χ0) is 15.5. The van der Waals surface area contributed by atoms with Crippen molar-refractivity contribution in [2.24, 2.45) is 0 Å². The van der Waals surface area contributed by atoms with Gasteiger partial charge in [-0.3, -0.25) is 0 Å². The highest BCUT2D eigenvalue weighted by Crippen LogP contribution is 2.32. The Labute approximate surface area is 131 Å². The highest BCUT2D eigenvalue weighted by atomic mass is 32.2. The van der Waals surface area contributed by atoms with Gasteiger partial charge in [0.25, 0.3) is 0 Å². The zero-order valence-corrected chi connectivity index (χ0v) is 14.0. The van der Waals surface area contributed by atoms with Gasteiger partial charge in [0.05, 0.1) is 12.6 Å². The molecule has 2 rings (SSSR count). The molecule has 1 aliphatic rings. The summed E-state index contributed by atoms with van der Waals surface area (Å²) < 4.78 is 5.50. The van der Waals surface area contributed by atoms with E-state index in [0.717, 1.165) is 18.7 Å². The summed E-state index contributed by atoms with van der Waals surface area (Å²) in [6, 6.07) is 8.09. The molecule has 1 aromatic carbocycles. The number of anilines is 1. The second kappa shape index (κ2) is 6.71. The largest absolute Gasteiger partial charge is 0.379 e. The van der Waals surface area contributed by atoms with Gasteiger partial charge in [-0.1, -0.05) is 20.8 Å². The van der Waals surface area contributed by atoms with Gasteiger partial charge in [0, 0.05) is 29.0 Å². The van der Waals surface area contributed by atoms with Gasteiger partial charge in [-0.2, -0.15) is 0 Å². The molecule has 2 amide bonds. The van der Waals surface area contributed by atoms with E-state index in [0.29, 0.717) is 6.61 Å². The lowest BCUT2D eigenvalue weighted by atomic mass is 10.2. The van der Waals surface area contributed by atoms with E-state index in [4.69, 9.17) is 4.74 Å². The summed E-state index contributed by atoms with van der Waals surface area (Å²) in [6.45, 7) is 7.93. The first-order valence-corrected chi connectivity index (χ1v) is 8.07. The molecule has 1 heterocycles. The van der Waals surface area contributed by atoms with Gasteiger partial charge >= 0.3 is 6.03 Å².